The molecule has 0 saturated heterocycles. The number of benzene rings is 2. The van der Waals surface area contributed by atoms with Crippen molar-refractivity contribution < 1.29 is 0 Å². The molecule has 0 unspecified atom stereocenters. The third-order valence-electron chi connectivity index (χ3n) is 3.29. The van der Waals surface area contributed by atoms with Crippen LogP contribution in [0.3, 0.4) is 0 Å². The first-order valence-corrected chi connectivity index (χ1v) is 5.28. The summed E-state index contributed by atoms with van der Waals surface area (Å²) in [5.41, 5.74) is 8.07. The zero-order chi connectivity index (χ0) is 10.4. The lowest BCUT2D eigenvalue weighted by Gasteiger charge is -2.07. The fraction of sp³-hybridized carbons (Fsp3) is 0.200. The van der Waals surface area contributed by atoms with Gasteiger partial charge in [-0.15, -0.1) is 0 Å². The van der Waals surface area contributed by atoms with E-state index in [0.717, 1.165) is 6.42 Å². The molecule has 0 amide bonds. The van der Waals surface area contributed by atoms with E-state index in [4.69, 9.17) is 0 Å². The van der Waals surface area contributed by atoms with Crippen LogP contribution in [-0.4, -0.2) is 0 Å². The number of fused-ring (bicyclic) bond motifs is 3. The molecule has 0 heteroatoms. The fourth-order valence-electron chi connectivity index (χ4n) is 2.35. The van der Waals surface area contributed by atoms with Crippen molar-refractivity contribution in [2.45, 2.75) is 20.3 Å². The molecular formula is C15H12. The highest BCUT2D eigenvalue weighted by Gasteiger charge is 2.20. The van der Waals surface area contributed by atoms with Crippen LogP contribution >= 0.6 is 0 Å². The van der Waals surface area contributed by atoms with E-state index in [1.165, 1.54) is 33.4 Å². The first kappa shape index (κ1) is 8.72. The predicted octanol–water partition coefficient (Wildman–Crippen LogP) is 3.48. The second-order valence-electron chi connectivity index (χ2n) is 4.19. The summed E-state index contributed by atoms with van der Waals surface area (Å²) in [4.78, 5) is 0. The van der Waals surface area contributed by atoms with Crippen LogP contribution in [0, 0.1) is 26.0 Å². The topological polar surface area (TPSA) is 0 Å². The summed E-state index contributed by atoms with van der Waals surface area (Å²) in [5.74, 6) is 0. The van der Waals surface area contributed by atoms with Crippen molar-refractivity contribution in [3.8, 4) is 11.1 Å². The molecule has 1 aliphatic carbocycles. The summed E-state index contributed by atoms with van der Waals surface area (Å²) in [7, 11) is 0. The first-order valence-electron chi connectivity index (χ1n) is 5.28. The molecule has 0 bridgehead atoms. The summed E-state index contributed by atoms with van der Waals surface area (Å²) in [6.45, 7) is 4.29. The molecule has 0 N–H and O–H groups in total. The molecular weight excluding hydrogens is 180 g/mol. The van der Waals surface area contributed by atoms with Gasteiger partial charge in [0.1, 0.15) is 0 Å². The van der Waals surface area contributed by atoms with Crippen molar-refractivity contribution in [3.05, 3.63) is 58.7 Å². The highest BCUT2D eigenvalue weighted by atomic mass is 14.2. The van der Waals surface area contributed by atoms with Gasteiger partial charge in [-0.2, -0.15) is 0 Å². The maximum atomic E-state index is 3.28. The first-order chi connectivity index (χ1) is 7.27. The molecule has 2 aromatic carbocycles. The van der Waals surface area contributed by atoms with E-state index in [-0.39, 0.29) is 0 Å². The second-order valence-corrected chi connectivity index (χ2v) is 4.19. The number of aryl methyl sites for hydroxylation is 1. The van der Waals surface area contributed by atoms with Gasteiger partial charge < -0.3 is 0 Å². The zero-order valence-electron chi connectivity index (χ0n) is 9.02. The molecule has 2 radical (unpaired) electrons. The normalized spacial score (nSPS) is 12.4. The number of hydrogen-bond acceptors (Lipinski definition) is 0. The molecule has 72 valence electrons. The van der Waals surface area contributed by atoms with Crippen LogP contribution in [-0.2, 0) is 6.42 Å². The van der Waals surface area contributed by atoms with E-state index in [9.17, 15) is 0 Å². The van der Waals surface area contributed by atoms with Crippen molar-refractivity contribution >= 4 is 0 Å². The van der Waals surface area contributed by atoms with Crippen LogP contribution in [0.4, 0.5) is 0 Å². The molecule has 3 rings (SSSR count). The Morgan fingerprint density at radius 3 is 2.73 bits per heavy atom. The maximum absolute atomic E-state index is 3.28. The van der Waals surface area contributed by atoms with E-state index >= 15 is 0 Å². The van der Waals surface area contributed by atoms with Gasteiger partial charge in [0.25, 0.3) is 0 Å². The van der Waals surface area contributed by atoms with Gasteiger partial charge in [-0.25, -0.2) is 0 Å². The lowest BCUT2D eigenvalue weighted by Crippen LogP contribution is -1.88. The van der Waals surface area contributed by atoms with Gasteiger partial charge in [0, 0.05) is 0 Å². The quantitative estimate of drug-likeness (QED) is 0.511. The Kier molecular flexibility index (Phi) is 1.72. The largest absolute Gasteiger partial charge is 0.0619 e. The van der Waals surface area contributed by atoms with Crippen molar-refractivity contribution in [2.24, 2.45) is 0 Å². The van der Waals surface area contributed by atoms with Gasteiger partial charge in [-0.3, -0.25) is 0 Å². The molecule has 0 heterocycles. The Morgan fingerprint density at radius 1 is 1.07 bits per heavy atom. The lowest BCUT2D eigenvalue weighted by atomic mass is 9.97. The van der Waals surface area contributed by atoms with Crippen molar-refractivity contribution in [1.82, 2.24) is 0 Å². The van der Waals surface area contributed by atoms with Crippen molar-refractivity contribution in [3.63, 3.8) is 0 Å². The SMILES string of the molecule is Cc1[c][c]c2c(c1C)-c1ccccc1C2. The monoisotopic (exact) mass is 192 g/mol. The average molecular weight is 192 g/mol. The summed E-state index contributed by atoms with van der Waals surface area (Å²) >= 11 is 0. The van der Waals surface area contributed by atoms with Crippen LogP contribution in [0.25, 0.3) is 11.1 Å². The number of hydrogen-bond donors (Lipinski definition) is 0. The third-order valence-corrected chi connectivity index (χ3v) is 3.29. The van der Waals surface area contributed by atoms with Crippen LogP contribution < -0.4 is 0 Å². The molecule has 2 aromatic rings. The van der Waals surface area contributed by atoms with E-state index in [1.54, 1.807) is 0 Å². The van der Waals surface area contributed by atoms with Crippen LogP contribution in [0.1, 0.15) is 22.3 Å². The van der Waals surface area contributed by atoms with Crippen LogP contribution in [0.2, 0.25) is 0 Å². The molecule has 0 aromatic heterocycles. The summed E-state index contributed by atoms with van der Waals surface area (Å²) in [5, 5.41) is 0. The van der Waals surface area contributed by atoms with Gasteiger partial charge in [-0.05, 0) is 65.8 Å². The number of rotatable bonds is 0. The van der Waals surface area contributed by atoms with Gasteiger partial charge in [0.15, 0.2) is 0 Å². The van der Waals surface area contributed by atoms with Crippen LogP contribution in [0.5, 0.6) is 0 Å². The molecule has 0 atom stereocenters. The van der Waals surface area contributed by atoms with Crippen LogP contribution in [0.15, 0.2) is 24.3 Å². The van der Waals surface area contributed by atoms with Gasteiger partial charge in [0.05, 0.1) is 0 Å². The predicted molar refractivity (Wildman–Crippen MR) is 61.8 cm³/mol. The van der Waals surface area contributed by atoms with E-state index in [1.807, 2.05) is 0 Å². The molecule has 0 aliphatic heterocycles. The van der Waals surface area contributed by atoms with Crippen molar-refractivity contribution in [2.75, 3.05) is 0 Å². The molecule has 0 nitrogen and oxygen atoms in total. The Bertz CT molecular complexity index is 536. The molecule has 0 fully saturated rings. The van der Waals surface area contributed by atoms with Gasteiger partial charge in [-0.1, -0.05) is 24.3 Å². The molecule has 0 spiro atoms. The Morgan fingerprint density at radius 2 is 1.87 bits per heavy atom. The molecule has 0 saturated carbocycles. The second kappa shape index (κ2) is 2.96. The Hall–Kier alpha value is -1.56. The van der Waals surface area contributed by atoms with E-state index in [2.05, 4.69) is 50.2 Å². The highest BCUT2D eigenvalue weighted by Crippen LogP contribution is 2.38. The summed E-state index contributed by atoms with van der Waals surface area (Å²) in [6, 6.07) is 15.1. The minimum Gasteiger partial charge on any atom is -0.0619 e. The molecule has 1 aliphatic rings. The Labute approximate surface area is 90.6 Å². The smallest absolute Gasteiger partial charge is 0.000695 e. The van der Waals surface area contributed by atoms with Gasteiger partial charge >= 0.3 is 0 Å². The minimum absolute atomic E-state index is 1.02. The fourth-order valence-corrected chi connectivity index (χ4v) is 2.35. The average Bonchev–Trinajstić information content (AvgIpc) is 2.62. The van der Waals surface area contributed by atoms with E-state index < -0.39 is 0 Å². The standard InChI is InChI=1S/C15H12/c1-10-7-8-13-9-12-5-3-4-6-14(12)15(13)11(10)2/h3-6H,9H2,1-2H3. The minimum atomic E-state index is 1.02. The third kappa shape index (κ3) is 1.14. The zero-order valence-corrected chi connectivity index (χ0v) is 9.02. The summed E-state index contributed by atoms with van der Waals surface area (Å²) < 4.78 is 0. The lowest BCUT2D eigenvalue weighted by molar-refractivity contribution is 1.23. The Balaban J connectivity index is 2.36. The maximum Gasteiger partial charge on any atom is -0.000695 e. The highest BCUT2D eigenvalue weighted by molar-refractivity contribution is 5.79. The van der Waals surface area contributed by atoms with Crippen molar-refractivity contribution in [1.29, 1.82) is 0 Å². The van der Waals surface area contributed by atoms with E-state index in [0.29, 0.717) is 0 Å². The summed E-state index contributed by atoms with van der Waals surface area (Å²) in [6.07, 6.45) is 1.02. The van der Waals surface area contributed by atoms with Gasteiger partial charge in [0.2, 0.25) is 0 Å². The molecule has 15 heavy (non-hydrogen) atoms.